The molecule has 0 heterocycles. The standard InChI is InChI=1S/C8H16.2C6H6.C5H10O3.C4H10.3C2H6/c1-8(2)6-4-3-5-7-8;2*1-2-4-6-5-3-1;1-4(2)8-5(6)7-3;1-4(2)3;3*1-2/h3-7H2,1-2H3;2*1-6H;4H,1-3H3;4H,1-3H3;3*1-2H3. The molecule has 0 amide bonds. The zero-order chi connectivity index (χ0) is 30.7. The van der Waals surface area contributed by atoms with Gasteiger partial charge in [-0.1, -0.05) is 168 Å². The van der Waals surface area contributed by atoms with Gasteiger partial charge in [0.2, 0.25) is 0 Å². The van der Waals surface area contributed by atoms with Crippen LogP contribution in [0.1, 0.15) is 122 Å². The summed E-state index contributed by atoms with van der Waals surface area (Å²) in [4.78, 5) is 10.2. The Morgan fingerprint density at radius 1 is 0.579 bits per heavy atom. The molecule has 3 nitrogen and oxygen atoms in total. The second kappa shape index (κ2) is 39.2. The number of methoxy groups -OCH3 is 1. The summed E-state index contributed by atoms with van der Waals surface area (Å²) >= 11 is 0. The zero-order valence-corrected chi connectivity index (χ0v) is 27.8. The summed E-state index contributed by atoms with van der Waals surface area (Å²) in [5, 5.41) is 0. The number of carbonyl (C=O) groups excluding carboxylic acids is 1. The molecule has 2 aromatic carbocycles. The van der Waals surface area contributed by atoms with Crippen LogP contribution in [-0.4, -0.2) is 19.4 Å². The third-order valence-electron chi connectivity index (χ3n) is 4.04. The largest absolute Gasteiger partial charge is 0.508 e. The molecule has 0 N–H and O–H groups in total. The van der Waals surface area contributed by atoms with Crippen molar-refractivity contribution in [1.82, 2.24) is 0 Å². The lowest BCUT2D eigenvalue weighted by atomic mass is 9.78. The van der Waals surface area contributed by atoms with Gasteiger partial charge in [-0.25, -0.2) is 4.79 Å². The van der Waals surface area contributed by atoms with E-state index in [0.717, 1.165) is 5.92 Å². The number of ether oxygens (including phenoxy) is 2. The lowest BCUT2D eigenvalue weighted by Crippen LogP contribution is -2.14. The third-order valence-corrected chi connectivity index (χ3v) is 4.04. The van der Waals surface area contributed by atoms with Crippen LogP contribution in [0.25, 0.3) is 0 Å². The molecule has 0 spiro atoms. The molecule has 0 atom stereocenters. The number of benzene rings is 2. The first-order valence-corrected chi connectivity index (χ1v) is 14.9. The highest BCUT2D eigenvalue weighted by Gasteiger charge is 2.19. The van der Waals surface area contributed by atoms with Crippen molar-refractivity contribution >= 4 is 6.16 Å². The minimum Gasteiger partial charge on any atom is -0.438 e. The Kier molecular flexibility index (Phi) is 47.1. The number of hydrogen-bond acceptors (Lipinski definition) is 3. The van der Waals surface area contributed by atoms with E-state index in [1.165, 1.54) is 39.2 Å². The maximum atomic E-state index is 10.2. The lowest BCUT2D eigenvalue weighted by molar-refractivity contribution is 0.0496. The molecule has 2 aromatic rings. The molecule has 1 aliphatic rings. The van der Waals surface area contributed by atoms with E-state index < -0.39 is 6.16 Å². The second-order valence-corrected chi connectivity index (χ2v) is 9.39. The molecular weight excluding hydrogens is 468 g/mol. The Hall–Kier alpha value is -2.29. The molecule has 0 aromatic heterocycles. The monoisotopic (exact) mass is 535 g/mol. The SMILES string of the molecule is CC.CC.CC.CC(C)C.CC1(C)CCCCC1.COC(=O)OC(C)C.c1ccccc1.c1ccccc1. The Labute approximate surface area is 239 Å². The van der Waals surface area contributed by atoms with Crippen molar-refractivity contribution in [3.63, 3.8) is 0 Å². The smallest absolute Gasteiger partial charge is 0.438 e. The molecule has 3 rings (SSSR count). The average molecular weight is 535 g/mol. The fourth-order valence-electron chi connectivity index (χ4n) is 2.52. The third kappa shape index (κ3) is 54.6. The quantitative estimate of drug-likeness (QED) is 0.341. The molecule has 3 heteroatoms. The van der Waals surface area contributed by atoms with E-state index in [2.05, 4.69) is 44.1 Å². The minimum atomic E-state index is -0.625. The molecule has 1 aliphatic carbocycles. The molecule has 0 radical (unpaired) electrons. The van der Waals surface area contributed by atoms with Gasteiger partial charge in [-0.15, -0.1) is 0 Å². The lowest BCUT2D eigenvalue weighted by Gasteiger charge is -2.28. The van der Waals surface area contributed by atoms with Gasteiger partial charge in [0, 0.05) is 0 Å². The number of rotatable bonds is 1. The van der Waals surface area contributed by atoms with Crippen LogP contribution < -0.4 is 0 Å². The first-order valence-electron chi connectivity index (χ1n) is 14.9. The molecule has 1 saturated carbocycles. The first kappa shape index (κ1) is 45.6. The van der Waals surface area contributed by atoms with E-state index in [0.29, 0.717) is 5.41 Å². The summed E-state index contributed by atoms with van der Waals surface area (Å²) in [6.07, 6.45) is 6.59. The van der Waals surface area contributed by atoms with Crippen molar-refractivity contribution in [3.8, 4) is 0 Å². The Bertz CT molecular complexity index is 512. The van der Waals surface area contributed by atoms with Crippen LogP contribution in [0.15, 0.2) is 72.8 Å². The van der Waals surface area contributed by atoms with Crippen molar-refractivity contribution in [2.24, 2.45) is 11.3 Å². The van der Waals surface area contributed by atoms with Gasteiger partial charge in [-0.2, -0.15) is 0 Å². The summed E-state index contributed by atoms with van der Waals surface area (Å²) in [6, 6.07) is 24.0. The topological polar surface area (TPSA) is 35.5 Å². The maximum absolute atomic E-state index is 10.2. The van der Waals surface area contributed by atoms with Gasteiger partial charge >= 0.3 is 6.16 Å². The van der Waals surface area contributed by atoms with Crippen LogP contribution in [0.4, 0.5) is 4.79 Å². The van der Waals surface area contributed by atoms with Crippen molar-refractivity contribution < 1.29 is 14.3 Å². The van der Waals surface area contributed by atoms with Gasteiger partial charge in [0.05, 0.1) is 13.2 Å². The van der Waals surface area contributed by atoms with Crippen molar-refractivity contribution in [2.75, 3.05) is 7.11 Å². The summed E-state index contributed by atoms with van der Waals surface area (Å²) in [5.74, 6) is 0.833. The predicted molar refractivity (Wildman–Crippen MR) is 173 cm³/mol. The molecule has 38 heavy (non-hydrogen) atoms. The van der Waals surface area contributed by atoms with E-state index in [4.69, 9.17) is 0 Å². The van der Waals surface area contributed by atoms with Gasteiger partial charge in [0.25, 0.3) is 0 Å². The summed E-state index contributed by atoms with van der Waals surface area (Å²) in [7, 11) is 1.28. The number of hydrogen-bond donors (Lipinski definition) is 0. The highest BCUT2D eigenvalue weighted by atomic mass is 16.7. The van der Waals surface area contributed by atoms with Crippen LogP contribution in [0.5, 0.6) is 0 Å². The molecule has 224 valence electrons. The molecule has 1 fully saturated rings. The Morgan fingerprint density at radius 2 is 0.816 bits per heavy atom. The van der Waals surface area contributed by atoms with Gasteiger partial charge in [-0.3, -0.25) is 0 Å². The summed E-state index contributed by atoms with van der Waals surface area (Å²) in [6.45, 7) is 26.8. The minimum absolute atomic E-state index is 0.0950. The van der Waals surface area contributed by atoms with E-state index in [1.807, 2.05) is 114 Å². The first-order chi connectivity index (χ1) is 18.1. The Balaban J connectivity index is -0.000000115. The van der Waals surface area contributed by atoms with E-state index in [1.54, 1.807) is 13.8 Å². The van der Waals surface area contributed by atoms with Crippen LogP contribution >= 0.6 is 0 Å². The number of carbonyl (C=O) groups is 1. The van der Waals surface area contributed by atoms with Crippen molar-refractivity contribution in [2.45, 2.75) is 128 Å². The zero-order valence-electron chi connectivity index (χ0n) is 27.8. The van der Waals surface area contributed by atoms with Crippen LogP contribution in [0.3, 0.4) is 0 Å². The highest BCUT2D eigenvalue weighted by molar-refractivity contribution is 5.59. The van der Waals surface area contributed by atoms with Crippen molar-refractivity contribution in [1.29, 1.82) is 0 Å². The van der Waals surface area contributed by atoms with Crippen LogP contribution in [-0.2, 0) is 9.47 Å². The second-order valence-electron chi connectivity index (χ2n) is 9.39. The molecular formula is C35H66O3. The average Bonchev–Trinajstić information content (AvgIpc) is 2.94. The fourth-order valence-corrected chi connectivity index (χ4v) is 2.52. The predicted octanol–water partition coefficient (Wildman–Crippen LogP) is 12.3. The van der Waals surface area contributed by atoms with Crippen molar-refractivity contribution in [3.05, 3.63) is 72.8 Å². The maximum Gasteiger partial charge on any atom is 0.508 e. The summed E-state index contributed by atoms with van der Waals surface area (Å²) in [5.41, 5.74) is 0.679. The van der Waals surface area contributed by atoms with Gasteiger partial charge in [0.15, 0.2) is 0 Å². The fraction of sp³-hybridized carbons (Fsp3) is 0.629. The van der Waals surface area contributed by atoms with Crippen LogP contribution in [0, 0.1) is 11.3 Å². The molecule has 0 saturated heterocycles. The van der Waals surface area contributed by atoms with Crippen LogP contribution in [0.2, 0.25) is 0 Å². The molecule has 0 bridgehead atoms. The van der Waals surface area contributed by atoms with Gasteiger partial charge in [-0.05, 0) is 38.0 Å². The Morgan fingerprint density at radius 3 is 0.921 bits per heavy atom. The van der Waals surface area contributed by atoms with E-state index in [-0.39, 0.29) is 6.10 Å². The normalized spacial score (nSPS) is 11.7. The van der Waals surface area contributed by atoms with Gasteiger partial charge < -0.3 is 9.47 Å². The van der Waals surface area contributed by atoms with Gasteiger partial charge in [0.1, 0.15) is 0 Å². The molecule has 0 unspecified atom stereocenters. The summed E-state index contributed by atoms with van der Waals surface area (Å²) < 4.78 is 8.74. The molecule has 0 aliphatic heterocycles. The highest BCUT2D eigenvalue weighted by Crippen LogP contribution is 2.34. The van der Waals surface area contributed by atoms with E-state index >= 15 is 0 Å². The van der Waals surface area contributed by atoms with E-state index in [9.17, 15) is 4.79 Å².